The van der Waals surface area contributed by atoms with Crippen molar-refractivity contribution in [1.29, 1.82) is 0 Å². The monoisotopic (exact) mass is 216 g/mol. The standard InChI is InChI=1S/C12H28N2O/c1-5-6-8-13-11-12(2)14(3)9-7-10-15-4/h12-13H,5-11H2,1-4H3. The Balaban J connectivity index is 3.38. The molecule has 0 aromatic heterocycles. The normalized spacial score (nSPS) is 13.4. The molecule has 0 aliphatic carbocycles. The summed E-state index contributed by atoms with van der Waals surface area (Å²) in [5.41, 5.74) is 0. The number of rotatable bonds is 10. The van der Waals surface area contributed by atoms with Crippen molar-refractivity contribution >= 4 is 0 Å². The van der Waals surface area contributed by atoms with Crippen molar-refractivity contribution in [3.8, 4) is 0 Å². The molecule has 0 aromatic rings. The molecule has 0 radical (unpaired) electrons. The molecule has 0 fully saturated rings. The third-order valence-electron chi connectivity index (χ3n) is 2.76. The lowest BCUT2D eigenvalue weighted by molar-refractivity contribution is 0.167. The fourth-order valence-electron chi connectivity index (χ4n) is 1.45. The summed E-state index contributed by atoms with van der Waals surface area (Å²) in [6, 6.07) is 0.610. The number of ether oxygens (including phenoxy) is 1. The van der Waals surface area contributed by atoms with Crippen LogP contribution in [0.2, 0.25) is 0 Å². The molecule has 0 spiro atoms. The highest BCUT2D eigenvalue weighted by Crippen LogP contribution is 1.96. The Hall–Kier alpha value is -0.120. The van der Waals surface area contributed by atoms with E-state index in [9.17, 15) is 0 Å². The number of methoxy groups -OCH3 is 1. The summed E-state index contributed by atoms with van der Waals surface area (Å²) < 4.78 is 5.04. The lowest BCUT2D eigenvalue weighted by atomic mass is 10.2. The molecule has 1 N–H and O–H groups in total. The second-order valence-electron chi connectivity index (χ2n) is 4.23. The Morgan fingerprint density at radius 2 is 2.07 bits per heavy atom. The molecule has 1 atom stereocenters. The van der Waals surface area contributed by atoms with E-state index in [0.29, 0.717) is 6.04 Å². The number of nitrogens with zero attached hydrogens (tertiary/aromatic N) is 1. The summed E-state index contributed by atoms with van der Waals surface area (Å²) in [5.74, 6) is 0. The number of nitrogens with one attached hydrogen (secondary N) is 1. The molecule has 0 aliphatic rings. The largest absolute Gasteiger partial charge is 0.385 e. The number of likely N-dealkylation sites (N-methyl/N-ethyl adjacent to an activating group) is 1. The molecular formula is C12H28N2O. The minimum absolute atomic E-state index is 0.610. The Kier molecular flexibility index (Phi) is 10.3. The van der Waals surface area contributed by atoms with Gasteiger partial charge in [0, 0.05) is 32.8 Å². The van der Waals surface area contributed by atoms with Crippen molar-refractivity contribution in [3.63, 3.8) is 0 Å². The third kappa shape index (κ3) is 8.85. The van der Waals surface area contributed by atoms with E-state index in [1.807, 2.05) is 0 Å². The van der Waals surface area contributed by atoms with Crippen LogP contribution in [-0.4, -0.2) is 51.3 Å². The van der Waals surface area contributed by atoms with Gasteiger partial charge < -0.3 is 15.0 Å². The Bertz CT molecular complexity index is 131. The molecule has 0 saturated heterocycles. The zero-order chi connectivity index (χ0) is 11.5. The molecule has 0 rings (SSSR count). The topological polar surface area (TPSA) is 24.5 Å². The van der Waals surface area contributed by atoms with Gasteiger partial charge in [-0.05, 0) is 33.4 Å². The number of hydrogen-bond donors (Lipinski definition) is 1. The molecule has 3 heteroatoms. The van der Waals surface area contributed by atoms with E-state index in [-0.39, 0.29) is 0 Å². The van der Waals surface area contributed by atoms with Gasteiger partial charge in [-0.3, -0.25) is 0 Å². The van der Waals surface area contributed by atoms with Gasteiger partial charge in [0.05, 0.1) is 0 Å². The highest BCUT2D eigenvalue weighted by atomic mass is 16.5. The van der Waals surface area contributed by atoms with Gasteiger partial charge in [0.15, 0.2) is 0 Å². The lowest BCUT2D eigenvalue weighted by Crippen LogP contribution is -2.38. The van der Waals surface area contributed by atoms with Crippen LogP contribution >= 0.6 is 0 Å². The highest BCUT2D eigenvalue weighted by Gasteiger charge is 2.07. The minimum Gasteiger partial charge on any atom is -0.385 e. The van der Waals surface area contributed by atoms with Gasteiger partial charge in [-0.25, -0.2) is 0 Å². The number of hydrogen-bond acceptors (Lipinski definition) is 3. The fraction of sp³-hybridized carbons (Fsp3) is 1.00. The molecule has 0 saturated carbocycles. The van der Waals surface area contributed by atoms with E-state index in [1.54, 1.807) is 7.11 Å². The van der Waals surface area contributed by atoms with Gasteiger partial charge in [0.2, 0.25) is 0 Å². The average molecular weight is 216 g/mol. The molecule has 0 aliphatic heterocycles. The van der Waals surface area contributed by atoms with Gasteiger partial charge in [0.25, 0.3) is 0 Å². The first-order valence-electron chi connectivity index (χ1n) is 6.12. The zero-order valence-corrected chi connectivity index (χ0v) is 10.9. The minimum atomic E-state index is 0.610. The molecule has 0 amide bonds. The van der Waals surface area contributed by atoms with Crippen LogP contribution < -0.4 is 5.32 Å². The Morgan fingerprint density at radius 1 is 1.33 bits per heavy atom. The van der Waals surface area contributed by atoms with Gasteiger partial charge in [-0.2, -0.15) is 0 Å². The van der Waals surface area contributed by atoms with Gasteiger partial charge >= 0.3 is 0 Å². The molecule has 0 aromatic carbocycles. The van der Waals surface area contributed by atoms with Gasteiger partial charge in [-0.1, -0.05) is 13.3 Å². The van der Waals surface area contributed by atoms with Crippen LogP contribution in [-0.2, 0) is 4.74 Å². The zero-order valence-electron chi connectivity index (χ0n) is 10.9. The second kappa shape index (κ2) is 10.4. The molecule has 92 valence electrons. The van der Waals surface area contributed by atoms with Crippen molar-refractivity contribution in [2.75, 3.05) is 40.4 Å². The molecule has 15 heavy (non-hydrogen) atoms. The van der Waals surface area contributed by atoms with Gasteiger partial charge in [0.1, 0.15) is 0 Å². The first kappa shape index (κ1) is 14.9. The van der Waals surface area contributed by atoms with E-state index >= 15 is 0 Å². The van der Waals surface area contributed by atoms with Crippen LogP contribution in [0.4, 0.5) is 0 Å². The SMILES string of the molecule is CCCCNCC(C)N(C)CCCOC. The molecule has 0 heterocycles. The first-order chi connectivity index (χ1) is 7.22. The smallest absolute Gasteiger partial charge is 0.0474 e. The van der Waals surface area contributed by atoms with E-state index in [0.717, 1.165) is 32.7 Å². The summed E-state index contributed by atoms with van der Waals surface area (Å²) in [5, 5.41) is 3.48. The maximum atomic E-state index is 5.04. The summed E-state index contributed by atoms with van der Waals surface area (Å²) in [6.07, 6.45) is 3.66. The van der Waals surface area contributed by atoms with Crippen molar-refractivity contribution in [1.82, 2.24) is 10.2 Å². The summed E-state index contributed by atoms with van der Waals surface area (Å²) in [7, 11) is 3.94. The van der Waals surface area contributed by atoms with E-state index in [4.69, 9.17) is 4.74 Å². The highest BCUT2D eigenvalue weighted by molar-refractivity contribution is 4.66. The van der Waals surface area contributed by atoms with Crippen molar-refractivity contribution in [3.05, 3.63) is 0 Å². The summed E-state index contributed by atoms with van der Waals surface area (Å²) >= 11 is 0. The summed E-state index contributed by atoms with van der Waals surface area (Å²) in [4.78, 5) is 2.39. The van der Waals surface area contributed by atoms with Crippen LogP contribution in [0, 0.1) is 0 Å². The van der Waals surface area contributed by atoms with Crippen molar-refractivity contribution < 1.29 is 4.74 Å². The van der Waals surface area contributed by atoms with E-state index in [2.05, 4.69) is 31.1 Å². The maximum Gasteiger partial charge on any atom is 0.0474 e. The quantitative estimate of drug-likeness (QED) is 0.563. The first-order valence-corrected chi connectivity index (χ1v) is 6.12. The molecule has 3 nitrogen and oxygen atoms in total. The third-order valence-corrected chi connectivity index (χ3v) is 2.76. The molecule has 0 bridgehead atoms. The number of unbranched alkanes of at least 4 members (excludes halogenated alkanes) is 1. The van der Waals surface area contributed by atoms with Crippen LogP contribution in [0.15, 0.2) is 0 Å². The van der Waals surface area contributed by atoms with Crippen LogP contribution in [0.3, 0.4) is 0 Å². The predicted molar refractivity (Wildman–Crippen MR) is 66.4 cm³/mol. The van der Waals surface area contributed by atoms with E-state index < -0.39 is 0 Å². The van der Waals surface area contributed by atoms with Gasteiger partial charge in [-0.15, -0.1) is 0 Å². The Morgan fingerprint density at radius 3 is 2.67 bits per heavy atom. The van der Waals surface area contributed by atoms with Crippen LogP contribution in [0.5, 0.6) is 0 Å². The van der Waals surface area contributed by atoms with Crippen LogP contribution in [0.25, 0.3) is 0 Å². The maximum absolute atomic E-state index is 5.04. The fourth-order valence-corrected chi connectivity index (χ4v) is 1.45. The molecular weight excluding hydrogens is 188 g/mol. The molecule has 1 unspecified atom stereocenters. The van der Waals surface area contributed by atoms with Crippen molar-refractivity contribution in [2.45, 2.75) is 39.2 Å². The van der Waals surface area contributed by atoms with Crippen LogP contribution in [0.1, 0.15) is 33.1 Å². The Labute approximate surface area is 95.2 Å². The lowest BCUT2D eigenvalue weighted by Gasteiger charge is -2.24. The second-order valence-corrected chi connectivity index (χ2v) is 4.23. The predicted octanol–water partition coefficient (Wildman–Crippen LogP) is 1.73. The van der Waals surface area contributed by atoms with Crippen molar-refractivity contribution in [2.24, 2.45) is 0 Å². The summed E-state index contributed by atoms with van der Waals surface area (Å²) in [6.45, 7) is 8.70. The van der Waals surface area contributed by atoms with E-state index in [1.165, 1.54) is 12.8 Å². The average Bonchev–Trinajstić information content (AvgIpc) is 2.24.